The Balaban J connectivity index is 1.42. The number of fused-ring (bicyclic) bond motifs is 2. The molecule has 2 aliphatic heterocycles. The smallest absolute Gasteiger partial charge is 0.149 e. The quantitative estimate of drug-likeness (QED) is 0.689. The molecule has 0 amide bonds. The maximum atomic E-state index is 11.3. The minimum atomic E-state index is -3.00. The third-order valence-electron chi connectivity index (χ3n) is 6.10. The summed E-state index contributed by atoms with van der Waals surface area (Å²) in [5, 5.41) is 8.33. The van der Waals surface area contributed by atoms with Gasteiger partial charge in [-0.1, -0.05) is 12.1 Å². The number of likely N-dealkylation sites (tertiary alicyclic amines) is 1. The lowest BCUT2D eigenvalue weighted by molar-refractivity contribution is -0.112. The van der Waals surface area contributed by atoms with E-state index < -0.39 is 9.84 Å². The lowest BCUT2D eigenvalue weighted by Crippen LogP contribution is -2.50. The van der Waals surface area contributed by atoms with Gasteiger partial charge in [0.2, 0.25) is 0 Å². The molecule has 29 heavy (non-hydrogen) atoms. The van der Waals surface area contributed by atoms with Gasteiger partial charge in [0.15, 0.2) is 0 Å². The van der Waals surface area contributed by atoms with Crippen LogP contribution in [0, 0.1) is 0 Å². The van der Waals surface area contributed by atoms with E-state index in [4.69, 9.17) is 4.74 Å². The van der Waals surface area contributed by atoms with Gasteiger partial charge in [-0.2, -0.15) is 0 Å². The molecule has 1 fully saturated rings. The van der Waals surface area contributed by atoms with E-state index in [0.29, 0.717) is 12.6 Å². The first-order chi connectivity index (χ1) is 13.8. The van der Waals surface area contributed by atoms with Crippen LogP contribution in [-0.2, 0) is 46.1 Å². The lowest BCUT2D eigenvalue weighted by atomic mass is 9.79. The fourth-order valence-corrected chi connectivity index (χ4v) is 6.19. The predicted octanol–water partition coefficient (Wildman–Crippen LogP) is 2.40. The van der Waals surface area contributed by atoms with Crippen LogP contribution in [0.2, 0.25) is 0 Å². The second-order valence-electron chi connectivity index (χ2n) is 8.37. The van der Waals surface area contributed by atoms with Gasteiger partial charge in [-0.3, -0.25) is 9.58 Å². The molecule has 0 N–H and O–H groups in total. The number of thiophene rings is 1. The molecule has 2 atom stereocenters. The first kappa shape index (κ1) is 21.0. The first-order valence-electron chi connectivity index (χ1n) is 10.3. The molecule has 0 aliphatic carbocycles. The van der Waals surface area contributed by atoms with E-state index in [9.17, 15) is 8.42 Å². The number of hydrogen-bond donors (Lipinski definition) is 0. The molecule has 2 aromatic heterocycles. The van der Waals surface area contributed by atoms with Gasteiger partial charge in [0.05, 0.1) is 30.2 Å². The van der Waals surface area contributed by atoms with Crippen LogP contribution in [0.3, 0.4) is 0 Å². The van der Waals surface area contributed by atoms with E-state index in [0.717, 1.165) is 51.1 Å². The Morgan fingerprint density at radius 3 is 2.97 bits per heavy atom. The summed E-state index contributed by atoms with van der Waals surface area (Å²) in [6, 6.07) is 2.76. The van der Waals surface area contributed by atoms with Crippen molar-refractivity contribution in [2.45, 2.75) is 64.3 Å². The highest BCUT2D eigenvalue weighted by Gasteiger charge is 2.44. The summed E-state index contributed by atoms with van der Waals surface area (Å²) in [5.74, 6) is 0.0818. The number of nitrogens with zero attached hydrogens (tertiary/aromatic N) is 4. The Morgan fingerprint density at radius 2 is 2.24 bits per heavy atom. The average molecular weight is 439 g/mol. The van der Waals surface area contributed by atoms with Gasteiger partial charge in [0, 0.05) is 47.8 Å². The summed E-state index contributed by atoms with van der Waals surface area (Å²) in [6.45, 7) is 7.33. The number of aromatic nitrogens is 3. The van der Waals surface area contributed by atoms with Gasteiger partial charge >= 0.3 is 0 Å². The molecule has 0 bridgehead atoms. The molecule has 0 saturated carbocycles. The molecule has 4 heterocycles. The lowest BCUT2D eigenvalue weighted by Gasteiger charge is -2.47. The predicted molar refractivity (Wildman–Crippen MR) is 114 cm³/mol. The monoisotopic (exact) mass is 438 g/mol. The Morgan fingerprint density at radius 1 is 1.41 bits per heavy atom. The van der Waals surface area contributed by atoms with Gasteiger partial charge < -0.3 is 4.74 Å². The van der Waals surface area contributed by atoms with Crippen molar-refractivity contribution >= 4 is 21.2 Å². The van der Waals surface area contributed by atoms with E-state index >= 15 is 0 Å². The number of aryl methyl sites for hydroxylation is 2. The Hall–Kier alpha value is -1.29. The van der Waals surface area contributed by atoms with Crippen LogP contribution in [0.4, 0.5) is 0 Å². The van der Waals surface area contributed by atoms with Crippen LogP contribution >= 0.6 is 11.3 Å². The maximum Gasteiger partial charge on any atom is 0.149 e. The Kier molecular flexibility index (Phi) is 5.85. The highest BCUT2D eigenvalue weighted by Crippen LogP contribution is 2.46. The maximum absolute atomic E-state index is 11.3. The zero-order valence-electron chi connectivity index (χ0n) is 17.4. The fourth-order valence-electron chi connectivity index (χ4n) is 4.50. The molecule has 1 spiro atoms. The van der Waals surface area contributed by atoms with Crippen molar-refractivity contribution in [3.8, 4) is 0 Å². The number of hydrogen-bond acceptors (Lipinski definition) is 7. The summed E-state index contributed by atoms with van der Waals surface area (Å²) in [6.07, 6.45) is 7.21. The van der Waals surface area contributed by atoms with E-state index in [1.807, 2.05) is 17.5 Å². The Bertz CT molecular complexity index is 968. The number of ether oxygens (including phenoxy) is 1. The summed E-state index contributed by atoms with van der Waals surface area (Å²) in [4.78, 5) is 5.41. The molecule has 9 heteroatoms. The van der Waals surface area contributed by atoms with Crippen LogP contribution in [0.5, 0.6) is 0 Å². The number of rotatable bonds is 6. The molecule has 160 valence electrons. The minimum absolute atomic E-state index is 0.0818. The molecule has 4 rings (SSSR count). The molecule has 0 unspecified atom stereocenters. The Labute approximate surface area is 177 Å². The second kappa shape index (κ2) is 8.09. The third kappa shape index (κ3) is 4.57. The highest BCUT2D eigenvalue weighted by atomic mass is 32.2. The average Bonchev–Trinajstić information content (AvgIpc) is 3.29. The third-order valence-corrected chi connectivity index (χ3v) is 8.36. The number of sulfone groups is 1. The summed E-state index contributed by atoms with van der Waals surface area (Å²) in [7, 11) is -3.00. The van der Waals surface area contributed by atoms with E-state index in [1.165, 1.54) is 21.6 Å². The van der Waals surface area contributed by atoms with Gasteiger partial charge in [0.25, 0.3) is 0 Å². The van der Waals surface area contributed by atoms with Crippen molar-refractivity contribution in [1.82, 2.24) is 19.9 Å². The van der Waals surface area contributed by atoms with Crippen molar-refractivity contribution in [3.05, 3.63) is 33.3 Å². The van der Waals surface area contributed by atoms with Crippen molar-refractivity contribution in [3.63, 3.8) is 0 Å². The zero-order valence-corrected chi connectivity index (χ0v) is 19.1. The fraction of sp³-hybridized carbons (Fsp3) is 0.700. The van der Waals surface area contributed by atoms with Crippen LogP contribution < -0.4 is 0 Å². The van der Waals surface area contributed by atoms with Crippen LogP contribution in [0.15, 0.2) is 12.3 Å². The molecule has 0 radical (unpaired) electrons. The zero-order chi connectivity index (χ0) is 20.6. The standard InChI is InChI=1S/C20H30N4O3S2/c1-4-17-11-18-19(28-17)5-9-27-20(18)6-7-23(15(2)12-20)13-16-14-24(22-21-16)8-10-29(3,25)26/h11,14-15H,4-10,12-13H2,1-3H3/t15-,20+/m1/s1. The van der Waals surface area contributed by atoms with Crippen LogP contribution in [-0.4, -0.2) is 59.5 Å². The molecule has 1 saturated heterocycles. The molecule has 2 aromatic rings. The summed E-state index contributed by atoms with van der Waals surface area (Å²) < 4.78 is 30.7. The van der Waals surface area contributed by atoms with Crippen LogP contribution in [0.1, 0.15) is 47.7 Å². The summed E-state index contributed by atoms with van der Waals surface area (Å²) >= 11 is 1.96. The highest BCUT2D eigenvalue weighted by molar-refractivity contribution is 7.90. The second-order valence-corrected chi connectivity index (χ2v) is 11.9. The largest absolute Gasteiger partial charge is 0.370 e. The summed E-state index contributed by atoms with van der Waals surface area (Å²) in [5.41, 5.74) is 2.18. The molecule has 7 nitrogen and oxygen atoms in total. The normalized spacial score (nSPS) is 25.4. The first-order valence-corrected chi connectivity index (χ1v) is 13.2. The molecular formula is C20H30N4O3S2. The van der Waals surface area contributed by atoms with Crippen molar-refractivity contribution in [2.75, 3.05) is 25.2 Å². The van der Waals surface area contributed by atoms with Gasteiger partial charge in [-0.25, -0.2) is 8.42 Å². The van der Waals surface area contributed by atoms with Crippen molar-refractivity contribution in [1.29, 1.82) is 0 Å². The van der Waals surface area contributed by atoms with Gasteiger partial charge in [0.1, 0.15) is 9.84 Å². The van der Waals surface area contributed by atoms with E-state index in [1.54, 1.807) is 4.68 Å². The van der Waals surface area contributed by atoms with E-state index in [2.05, 4.69) is 35.1 Å². The SMILES string of the molecule is CCc1cc2c(s1)CCO[C@]21CCN(Cc2cn(CCS(C)(=O)=O)nn2)[C@H](C)C1. The molecule has 0 aromatic carbocycles. The molecule has 2 aliphatic rings. The van der Waals surface area contributed by atoms with Gasteiger partial charge in [-0.05, 0) is 37.8 Å². The van der Waals surface area contributed by atoms with Crippen molar-refractivity contribution in [2.24, 2.45) is 0 Å². The topological polar surface area (TPSA) is 77.3 Å². The number of piperidine rings is 1. The van der Waals surface area contributed by atoms with Crippen LogP contribution in [0.25, 0.3) is 0 Å². The van der Waals surface area contributed by atoms with Crippen molar-refractivity contribution < 1.29 is 13.2 Å². The molecular weight excluding hydrogens is 408 g/mol. The van der Waals surface area contributed by atoms with Gasteiger partial charge in [-0.15, -0.1) is 16.4 Å². The van der Waals surface area contributed by atoms with E-state index in [-0.39, 0.29) is 11.4 Å². The minimum Gasteiger partial charge on any atom is -0.370 e.